The van der Waals surface area contributed by atoms with E-state index < -0.39 is 6.04 Å². The molecule has 1 unspecified atom stereocenters. The zero-order valence-electron chi connectivity index (χ0n) is 11.7. The Hall–Kier alpha value is -2.71. The van der Waals surface area contributed by atoms with Crippen molar-refractivity contribution in [3.63, 3.8) is 0 Å². The minimum absolute atomic E-state index is 0.414. The van der Waals surface area contributed by atoms with Crippen LogP contribution in [0.2, 0.25) is 0 Å². The molecule has 0 spiro atoms. The molecule has 0 radical (unpaired) electrons. The van der Waals surface area contributed by atoms with E-state index in [1.807, 2.05) is 47.9 Å². The van der Waals surface area contributed by atoms with E-state index in [4.69, 9.17) is 0 Å². The molecule has 0 aromatic carbocycles. The van der Waals surface area contributed by atoms with Crippen LogP contribution in [0.5, 0.6) is 0 Å². The van der Waals surface area contributed by atoms with Gasteiger partial charge in [0.15, 0.2) is 0 Å². The lowest BCUT2D eigenvalue weighted by molar-refractivity contribution is 0.608. The van der Waals surface area contributed by atoms with Crippen LogP contribution in [-0.4, -0.2) is 14.4 Å². The predicted octanol–water partition coefficient (Wildman–Crippen LogP) is 2.39. The van der Waals surface area contributed by atoms with Gasteiger partial charge in [0.2, 0.25) is 0 Å². The first-order valence-electron chi connectivity index (χ1n) is 6.75. The third kappa shape index (κ3) is 2.62. The summed E-state index contributed by atoms with van der Waals surface area (Å²) in [7, 11) is 0. The minimum atomic E-state index is -0.414. The third-order valence-electron chi connectivity index (χ3n) is 3.39. The Balaban J connectivity index is 1.89. The second kappa shape index (κ2) is 5.73. The first kappa shape index (κ1) is 13.3. The van der Waals surface area contributed by atoms with Crippen LogP contribution >= 0.6 is 0 Å². The molecule has 0 aliphatic heterocycles. The monoisotopic (exact) mass is 277 g/mol. The molecule has 0 bridgehead atoms. The average molecular weight is 277 g/mol. The van der Waals surface area contributed by atoms with Crippen LogP contribution in [0, 0.1) is 18.3 Å². The Morgan fingerprint density at radius 3 is 3.00 bits per heavy atom. The molecular formula is C16H15N5. The molecule has 1 atom stereocenters. The number of pyridine rings is 2. The number of hydrogen-bond acceptors (Lipinski definition) is 4. The molecule has 0 aliphatic rings. The highest BCUT2D eigenvalue weighted by Gasteiger charge is 2.18. The van der Waals surface area contributed by atoms with E-state index in [0.717, 1.165) is 22.6 Å². The van der Waals surface area contributed by atoms with Crippen LogP contribution in [0.25, 0.3) is 5.65 Å². The zero-order chi connectivity index (χ0) is 14.7. The Morgan fingerprint density at radius 2 is 2.24 bits per heavy atom. The van der Waals surface area contributed by atoms with E-state index in [9.17, 15) is 5.26 Å². The summed E-state index contributed by atoms with van der Waals surface area (Å²) in [5.74, 6) is 0. The third-order valence-corrected chi connectivity index (χ3v) is 3.39. The van der Waals surface area contributed by atoms with Crippen molar-refractivity contribution >= 4 is 5.65 Å². The fraction of sp³-hybridized carbons (Fsp3) is 0.188. The number of aryl methyl sites for hydroxylation is 1. The molecule has 0 aliphatic carbocycles. The first-order chi connectivity index (χ1) is 10.3. The van der Waals surface area contributed by atoms with Gasteiger partial charge in [0.05, 0.1) is 17.5 Å². The van der Waals surface area contributed by atoms with E-state index in [0.29, 0.717) is 6.54 Å². The second-order valence-corrected chi connectivity index (χ2v) is 4.82. The summed E-state index contributed by atoms with van der Waals surface area (Å²) in [4.78, 5) is 8.57. The molecule has 1 N–H and O–H groups in total. The van der Waals surface area contributed by atoms with Crippen molar-refractivity contribution in [2.45, 2.75) is 19.5 Å². The van der Waals surface area contributed by atoms with Gasteiger partial charge >= 0.3 is 0 Å². The summed E-state index contributed by atoms with van der Waals surface area (Å²) < 4.78 is 1.96. The molecule has 104 valence electrons. The number of nitrogens with zero attached hydrogens (tertiary/aromatic N) is 4. The van der Waals surface area contributed by atoms with Gasteiger partial charge in [-0.15, -0.1) is 0 Å². The maximum absolute atomic E-state index is 9.49. The molecule has 0 amide bonds. The maximum atomic E-state index is 9.49. The van der Waals surface area contributed by atoms with Crippen molar-refractivity contribution in [2.75, 3.05) is 0 Å². The summed E-state index contributed by atoms with van der Waals surface area (Å²) >= 11 is 0. The number of imidazole rings is 1. The molecule has 3 heterocycles. The normalized spacial score (nSPS) is 12.2. The lowest BCUT2D eigenvalue weighted by Crippen LogP contribution is -2.21. The van der Waals surface area contributed by atoms with Gasteiger partial charge in [-0.2, -0.15) is 5.26 Å². The molecule has 5 nitrogen and oxygen atoms in total. The minimum Gasteiger partial charge on any atom is -0.301 e. The van der Waals surface area contributed by atoms with Crippen LogP contribution < -0.4 is 5.32 Å². The van der Waals surface area contributed by atoms with Crippen LogP contribution in [0.15, 0.2) is 48.9 Å². The summed E-state index contributed by atoms with van der Waals surface area (Å²) in [6, 6.07) is 11.6. The molecule has 3 rings (SSSR count). The van der Waals surface area contributed by atoms with Gasteiger partial charge in [0.1, 0.15) is 11.7 Å². The van der Waals surface area contributed by atoms with Crippen molar-refractivity contribution < 1.29 is 0 Å². The first-order valence-corrected chi connectivity index (χ1v) is 6.75. The van der Waals surface area contributed by atoms with E-state index in [-0.39, 0.29) is 0 Å². The highest BCUT2D eigenvalue weighted by atomic mass is 15.1. The van der Waals surface area contributed by atoms with Crippen LogP contribution in [0.4, 0.5) is 0 Å². The van der Waals surface area contributed by atoms with Crippen LogP contribution in [0.3, 0.4) is 0 Å². The van der Waals surface area contributed by atoms with Crippen LogP contribution in [-0.2, 0) is 6.54 Å². The van der Waals surface area contributed by atoms with Crippen molar-refractivity contribution in [3.8, 4) is 6.07 Å². The smallest absolute Gasteiger partial charge is 0.138 e. The van der Waals surface area contributed by atoms with Gasteiger partial charge in [-0.05, 0) is 30.7 Å². The number of hydrogen-bond donors (Lipinski definition) is 1. The van der Waals surface area contributed by atoms with E-state index in [1.165, 1.54) is 0 Å². The number of aromatic nitrogens is 3. The molecule has 0 saturated carbocycles. The van der Waals surface area contributed by atoms with Gasteiger partial charge < -0.3 is 4.40 Å². The molecule has 3 aromatic heterocycles. The highest BCUT2D eigenvalue weighted by molar-refractivity contribution is 5.44. The van der Waals surface area contributed by atoms with Gasteiger partial charge in [0.25, 0.3) is 0 Å². The van der Waals surface area contributed by atoms with E-state index in [2.05, 4.69) is 21.4 Å². The lowest BCUT2D eigenvalue weighted by Gasteiger charge is -2.12. The van der Waals surface area contributed by atoms with Crippen molar-refractivity contribution in [2.24, 2.45) is 0 Å². The van der Waals surface area contributed by atoms with Gasteiger partial charge in [-0.1, -0.05) is 12.1 Å². The maximum Gasteiger partial charge on any atom is 0.138 e. The van der Waals surface area contributed by atoms with Crippen molar-refractivity contribution in [1.29, 1.82) is 5.26 Å². The van der Waals surface area contributed by atoms with Gasteiger partial charge in [-0.25, -0.2) is 4.98 Å². The molecule has 0 fully saturated rings. The summed E-state index contributed by atoms with van der Waals surface area (Å²) in [6.45, 7) is 2.52. The quantitative estimate of drug-likeness (QED) is 0.795. The fourth-order valence-electron chi connectivity index (χ4n) is 2.41. The van der Waals surface area contributed by atoms with E-state index in [1.54, 1.807) is 12.4 Å². The van der Waals surface area contributed by atoms with Crippen molar-refractivity contribution in [3.05, 3.63) is 65.9 Å². The van der Waals surface area contributed by atoms with Crippen LogP contribution in [0.1, 0.15) is 23.0 Å². The Kier molecular flexibility index (Phi) is 3.63. The number of fused-ring (bicyclic) bond motifs is 1. The predicted molar refractivity (Wildman–Crippen MR) is 79.4 cm³/mol. The Labute approximate surface area is 122 Å². The SMILES string of the molecule is Cc1nc2ccccn2c1C(C#N)NCc1cccnc1. The average Bonchev–Trinajstić information content (AvgIpc) is 2.86. The Morgan fingerprint density at radius 1 is 1.33 bits per heavy atom. The fourth-order valence-corrected chi connectivity index (χ4v) is 2.41. The second-order valence-electron chi connectivity index (χ2n) is 4.82. The van der Waals surface area contributed by atoms with Gasteiger partial charge in [0, 0.05) is 25.1 Å². The van der Waals surface area contributed by atoms with Crippen molar-refractivity contribution in [1.82, 2.24) is 19.7 Å². The van der Waals surface area contributed by atoms with E-state index >= 15 is 0 Å². The number of nitriles is 1. The molecular weight excluding hydrogens is 262 g/mol. The highest BCUT2D eigenvalue weighted by Crippen LogP contribution is 2.19. The topological polar surface area (TPSA) is 66.0 Å². The molecule has 21 heavy (non-hydrogen) atoms. The molecule has 5 heteroatoms. The lowest BCUT2D eigenvalue weighted by atomic mass is 10.1. The summed E-state index contributed by atoms with van der Waals surface area (Å²) in [5, 5.41) is 12.7. The standard InChI is InChI=1S/C16H15N5/c1-12-16(21-8-3-2-6-15(21)20-12)14(9-17)19-11-13-5-4-7-18-10-13/h2-8,10,14,19H,11H2,1H3. The molecule has 3 aromatic rings. The van der Waals surface area contributed by atoms with Gasteiger partial charge in [-0.3, -0.25) is 10.3 Å². The largest absolute Gasteiger partial charge is 0.301 e. The summed E-state index contributed by atoms with van der Waals surface area (Å²) in [5.41, 5.74) is 3.65. The number of rotatable bonds is 4. The Bertz CT molecular complexity index is 785. The summed E-state index contributed by atoms with van der Waals surface area (Å²) in [6.07, 6.45) is 5.46. The zero-order valence-corrected chi connectivity index (χ0v) is 11.7. The molecule has 0 saturated heterocycles. The number of nitrogens with one attached hydrogen (secondary N) is 1.